The molecule has 0 aliphatic carbocycles. The van der Waals surface area contributed by atoms with Gasteiger partial charge in [-0.15, -0.1) is 0 Å². The summed E-state index contributed by atoms with van der Waals surface area (Å²) in [5.74, 6) is 0.390. The fourth-order valence-corrected chi connectivity index (χ4v) is 1.56. The molecule has 0 heterocycles. The van der Waals surface area contributed by atoms with Gasteiger partial charge in [-0.3, -0.25) is 0 Å². The summed E-state index contributed by atoms with van der Waals surface area (Å²) >= 11 is 0. The molecule has 19 heavy (non-hydrogen) atoms. The molecule has 0 bridgehead atoms. The minimum absolute atomic E-state index is 0.0194. The normalized spacial score (nSPS) is 11.6. The van der Waals surface area contributed by atoms with Gasteiger partial charge in [0.1, 0.15) is 6.10 Å². The van der Waals surface area contributed by atoms with E-state index in [1.54, 1.807) is 25.1 Å². The molecule has 0 aromatic heterocycles. The lowest BCUT2D eigenvalue weighted by molar-refractivity contribution is -0.139. The lowest BCUT2D eigenvalue weighted by atomic mass is 10.0. The number of methoxy groups -OCH3 is 2. The van der Waals surface area contributed by atoms with E-state index < -0.39 is 12.1 Å². The van der Waals surface area contributed by atoms with Crippen LogP contribution in [-0.2, 0) is 9.53 Å². The highest BCUT2D eigenvalue weighted by molar-refractivity contribution is 5.89. The van der Waals surface area contributed by atoms with Gasteiger partial charge in [0.25, 0.3) is 0 Å². The summed E-state index contributed by atoms with van der Waals surface area (Å²) in [6.45, 7) is 5.47. The van der Waals surface area contributed by atoms with Crippen molar-refractivity contribution in [2.24, 2.45) is 0 Å². The fraction of sp³-hybridized carbons (Fsp3) is 0.357. The van der Waals surface area contributed by atoms with Crippen molar-refractivity contribution in [1.29, 1.82) is 0 Å². The van der Waals surface area contributed by atoms with E-state index in [2.05, 4.69) is 6.58 Å². The fourth-order valence-electron chi connectivity index (χ4n) is 1.56. The number of carbonyl (C=O) groups is 1. The van der Waals surface area contributed by atoms with Crippen LogP contribution in [0.4, 0.5) is 0 Å². The van der Waals surface area contributed by atoms with Crippen molar-refractivity contribution < 1.29 is 24.1 Å². The molecule has 1 aromatic carbocycles. The molecule has 0 aliphatic rings. The molecule has 0 saturated carbocycles. The zero-order valence-corrected chi connectivity index (χ0v) is 11.3. The van der Waals surface area contributed by atoms with E-state index in [1.165, 1.54) is 14.2 Å². The number of hydrogen-bond donors (Lipinski definition) is 1. The van der Waals surface area contributed by atoms with Crippen LogP contribution in [0.5, 0.6) is 11.5 Å². The Labute approximate surface area is 112 Å². The Bertz CT molecular complexity index is 467. The third-order valence-electron chi connectivity index (χ3n) is 2.59. The summed E-state index contributed by atoms with van der Waals surface area (Å²) in [6, 6.07) is 4.88. The predicted octanol–water partition coefficient (Wildman–Crippen LogP) is 1.86. The summed E-state index contributed by atoms with van der Waals surface area (Å²) < 4.78 is 15.0. The molecule has 5 heteroatoms. The van der Waals surface area contributed by atoms with Crippen LogP contribution >= 0.6 is 0 Å². The topological polar surface area (TPSA) is 65.0 Å². The van der Waals surface area contributed by atoms with Gasteiger partial charge in [0, 0.05) is 0 Å². The first-order valence-corrected chi connectivity index (χ1v) is 5.81. The third-order valence-corrected chi connectivity index (χ3v) is 2.59. The highest BCUT2D eigenvalue weighted by Gasteiger charge is 2.20. The van der Waals surface area contributed by atoms with E-state index in [1.807, 2.05) is 0 Å². The van der Waals surface area contributed by atoms with Crippen molar-refractivity contribution in [1.82, 2.24) is 0 Å². The van der Waals surface area contributed by atoms with Crippen molar-refractivity contribution in [2.45, 2.75) is 13.0 Å². The summed E-state index contributed by atoms with van der Waals surface area (Å²) in [5.41, 5.74) is 0.463. The summed E-state index contributed by atoms with van der Waals surface area (Å²) in [5, 5.41) is 10.1. The molecule has 0 radical (unpaired) electrons. The molecule has 1 atom stereocenters. The van der Waals surface area contributed by atoms with E-state index in [0.29, 0.717) is 17.1 Å². The lowest BCUT2D eigenvalue weighted by Gasteiger charge is -2.15. The third kappa shape index (κ3) is 3.48. The minimum Gasteiger partial charge on any atom is -0.493 e. The Balaban J connectivity index is 2.96. The van der Waals surface area contributed by atoms with Gasteiger partial charge < -0.3 is 19.3 Å². The van der Waals surface area contributed by atoms with Gasteiger partial charge in [-0.05, 0) is 24.6 Å². The maximum atomic E-state index is 11.5. The Morgan fingerprint density at radius 1 is 1.32 bits per heavy atom. The molecule has 0 aliphatic heterocycles. The van der Waals surface area contributed by atoms with Crippen LogP contribution in [0.15, 0.2) is 30.4 Å². The van der Waals surface area contributed by atoms with Gasteiger partial charge in [0.05, 0.1) is 26.4 Å². The molecule has 0 spiro atoms. The monoisotopic (exact) mass is 266 g/mol. The molecule has 0 saturated heterocycles. The van der Waals surface area contributed by atoms with Crippen LogP contribution in [0.1, 0.15) is 18.6 Å². The van der Waals surface area contributed by atoms with Gasteiger partial charge in [0.15, 0.2) is 11.5 Å². The van der Waals surface area contributed by atoms with Gasteiger partial charge in [-0.25, -0.2) is 4.79 Å². The van der Waals surface area contributed by atoms with Crippen molar-refractivity contribution in [3.8, 4) is 11.5 Å². The second-order valence-corrected chi connectivity index (χ2v) is 3.76. The van der Waals surface area contributed by atoms with Crippen LogP contribution in [0, 0.1) is 0 Å². The van der Waals surface area contributed by atoms with Crippen molar-refractivity contribution >= 4 is 5.97 Å². The number of benzene rings is 1. The number of ether oxygens (including phenoxy) is 3. The van der Waals surface area contributed by atoms with Crippen LogP contribution in [-0.4, -0.2) is 31.9 Å². The molecule has 1 N–H and O–H groups in total. The molecule has 1 rings (SSSR count). The van der Waals surface area contributed by atoms with E-state index in [0.717, 1.165) is 0 Å². The summed E-state index contributed by atoms with van der Waals surface area (Å²) in [6.07, 6.45) is -1.14. The van der Waals surface area contributed by atoms with Crippen molar-refractivity contribution in [3.05, 3.63) is 35.9 Å². The molecule has 5 nitrogen and oxygen atoms in total. The van der Waals surface area contributed by atoms with Crippen molar-refractivity contribution in [3.63, 3.8) is 0 Å². The average molecular weight is 266 g/mol. The summed E-state index contributed by atoms with van der Waals surface area (Å²) in [7, 11) is 3.01. The van der Waals surface area contributed by atoms with E-state index in [4.69, 9.17) is 14.2 Å². The molecule has 1 aromatic rings. The van der Waals surface area contributed by atoms with Crippen molar-refractivity contribution in [2.75, 3.05) is 20.8 Å². The number of rotatable bonds is 6. The maximum absolute atomic E-state index is 11.5. The SMILES string of the molecule is C=C(C(=O)OCC)C(O)c1ccc(OC)c(OC)c1. The van der Waals surface area contributed by atoms with E-state index in [-0.39, 0.29) is 12.2 Å². The molecule has 104 valence electrons. The molecular weight excluding hydrogens is 248 g/mol. The Morgan fingerprint density at radius 2 is 1.95 bits per heavy atom. The predicted molar refractivity (Wildman–Crippen MR) is 70.3 cm³/mol. The standard InChI is InChI=1S/C14H18O5/c1-5-19-14(16)9(2)13(15)10-6-7-11(17-3)12(8-10)18-4/h6-8,13,15H,2,5H2,1,3-4H3. The van der Waals surface area contributed by atoms with Crippen LogP contribution in [0.3, 0.4) is 0 Å². The first-order valence-electron chi connectivity index (χ1n) is 5.81. The number of hydrogen-bond acceptors (Lipinski definition) is 5. The van der Waals surface area contributed by atoms with Crippen LogP contribution < -0.4 is 9.47 Å². The first kappa shape index (κ1) is 15.0. The zero-order chi connectivity index (χ0) is 14.4. The second-order valence-electron chi connectivity index (χ2n) is 3.76. The number of carbonyl (C=O) groups excluding carboxylic acids is 1. The minimum atomic E-state index is -1.14. The van der Waals surface area contributed by atoms with E-state index in [9.17, 15) is 9.90 Å². The van der Waals surface area contributed by atoms with Gasteiger partial charge in [0.2, 0.25) is 0 Å². The molecule has 0 amide bonds. The van der Waals surface area contributed by atoms with E-state index >= 15 is 0 Å². The lowest BCUT2D eigenvalue weighted by Crippen LogP contribution is -2.13. The number of esters is 1. The highest BCUT2D eigenvalue weighted by Crippen LogP contribution is 2.32. The molecule has 1 unspecified atom stereocenters. The number of aliphatic hydroxyl groups excluding tert-OH is 1. The smallest absolute Gasteiger partial charge is 0.336 e. The Kier molecular flexibility index (Phi) is 5.38. The average Bonchev–Trinajstić information content (AvgIpc) is 2.45. The molecule has 0 fully saturated rings. The van der Waals surface area contributed by atoms with Gasteiger partial charge in [-0.1, -0.05) is 12.6 Å². The summed E-state index contributed by atoms with van der Waals surface area (Å²) in [4.78, 5) is 11.5. The quantitative estimate of drug-likeness (QED) is 0.629. The Morgan fingerprint density at radius 3 is 2.47 bits per heavy atom. The molecular formula is C14H18O5. The highest BCUT2D eigenvalue weighted by atomic mass is 16.5. The first-order chi connectivity index (χ1) is 9.04. The van der Waals surface area contributed by atoms with Gasteiger partial charge >= 0.3 is 5.97 Å². The Hall–Kier alpha value is -2.01. The zero-order valence-electron chi connectivity index (χ0n) is 11.3. The second kappa shape index (κ2) is 6.80. The number of aliphatic hydroxyl groups is 1. The van der Waals surface area contributed by atoms with Crippen LogP contribution in [0.25, 0.3) is 0 Å². The van der Waals surface area contributed by atoms with Crippen LogP contribution in [0.2, 0.25) is 0 Å². The van der Waals surface area contributed by atoms with Gasteiger partial charge in [-0.2, -0.15) is 0 Å². The largest absolute Gasteiger partial charge is 0.493 e. The maximum Gasteiger partial charge on any atom is 0.336 e.